The van der Waals surface area contributed by atoms with Crippen molar-refractivity contribution in [3.8, 4) is 0 Å². The molecule has 0 bridgehead atoms. The molecule has 15 heavy (non-hydrogen) atoms. The fourth-order valence-corrected chi connectivity index (χ4v) is 1.70. The lowest BCUT2D eigenvalue weighted by atomic mass is 9.96. The monoisotopic (exact) mass is 207 g/mol. The molecule has 0 saturated heterocycles. The lowest BCUT2D eigenvalue weighted by Crippen LogP contribution is -2.31. The Morgan fingerprint density at radius 3 is 2.20 bits per heavy atom. The fraction of sp³-hybridized carbons (Fsp3) is 0.538. The van der Waals surface area contributed by atoms with Crippen LogP contribution in [0.3, 0.4) is 0 Å². The molecule has 1 unspecified atom stereocenters. The first-order chi connectivity index (χ1) is 7.11. The zero-order valence-corrected chi connectivity index (χ0v) is 9.77. The van der Waals surface area contributed by atoms with Gasteiger partial charge in [-0.3, -0.25) is 0 Å². The van der Waals surface area contributed by atoms with Gasteiger partial charge in [0, 0.05) is 12.6 Å². The molecular formula is C13H21NO. The van der Waals surface area contributed by atoms with E-state index in [4.69, 9.17) is 0 Å². The zero-order chi connectivity index (χ0) is 11.3. The second-order valence-corrected chi connectivity index (χ2v) is 4.39. The van der Waals surface area contributed by atoms with E-state index >= 15 is 0 Å². The summed E-state index contributed by atoms with van der Waals surface area (Å²) in [5.74, 6) is 0.520. The predicted octanol–water partition coefficient (Wildman–Crippen LogP) is 2.35. The lowest BCUT2D eigenvalue weighted by molar-refractivity contribution is 0.181. The van der Waals surface area contributed by atoms with Crippen molar-refractivity contribution in [3.05, 3.63) is 35.9 Å². The summed E-state index contributed by atoms with van der Waals surface area (Å²) in [7, 11) is 0. The van der Waals surface area contributed by atoms with Gasteiger partial charge < -0.3 is 10.4 Å². The van der Waals surface area contributed by atoms with Gasteiger partial charge >= 0.3 is 0 Å². The van der Waals surface area contributed by atoms with E-state index in [-0.39, 0.29) is 6.10 Å². The molecule has 0 aliphatic carbocycles. The first-order valence-corrected chi connectivity index (χ1v) is 5.57. The van der Waals surface area contributed by atoms with E-state index < -0.39 is 0 Å². The first-order valence-electron chi connectivity index (χ1n) is 5.57. The molecule has 0 fully saturated rings. The van der Waals surface area contributed by atoms with Crippen LogP contribution in [0, 0.1) is 5.92 Å². The minimum Gasteiger partial charge on any atom is -0.392 e. The molecule has 0 aromatic heterocycles. The van der Waals surface area contributed by atoms with Crippen LogP contribution in [0.2, 0.25) is 0 Å². The normalized spacial score (nSPS) is 15.3. The smallest absolute Gasteiger partial charge is 0.0636 e. The molecule has 0 spiro atoms. The minimum atomic E-state index is -0.296. The Morgan fingerprint density at radius 1 is 1.13 bits per heavy atom. The van der Waals surface area contributed by atoms with Gasteiger partial charge in [0.1, 0.15) is 0 Å². The van der Waals surface area contributed by atoms with Gasteiger partial charge in [-0.1, -0.05) is 44.2 Å². The molecular weight excluding hydrogens is 186 g/mol. The van der Waals surface area contributed by atoms with E-state index in [9.17, 15) is 5.11 Å². The highest BCUT2D eigenvalue weighted by molar-refractivity contribution is 5.19. The van der Waals surface area contributed by atoms with Crippen LogP contribution in [-0.2, 0) is 0 Å². The molecule has 2 nitrogen and oxygen atoms in total. The van der Waals surface area contributed by atoms with Crippen molar-refractivity contribution in [2.24, 2.45) is 5.92 Å². The summed E-state index contributed by atoms with van der Waals surface area (Å²) in [6, 6.07) is 10.7. The average molecular weight is 207 g/mol. The number of rotatable bonds is 5. The summed E-state index contributed by atoms with van der Waals surface area (Å²) in [6.07, 6.45) is -0.296. The van der Waals surface area contributed by atoms with Crippen LogP contribution in [-0.4, -0.2) is 17.8 Å². The third-order valence-electron chi connectivity index (χ3n) is 2.46. The molecule has 0 heterocycles. The van der Waals surface area contributed by atoms with Gasteiger partial charge in [-0.05, 0) is 18.4 Å². The van der Waals surface area contributed by atoms with Crippen LogP contribution < -0.4 is 5.32 Å². The van der Waals surface area contributed by atoms with Gasteiger partial charge in [0.15, 0.2) is 0 Å². The highest BCUT2D eigenvalue weighted by Crippen LogP contribution is 2.20. The SMILES string of the molecule is CC(C)C(NC[C@@H](C)O)c1ccccc1. The molecule has 0 amide bonds. The van der Waals surface area contributed by atoms with Gasteiger partial charge in [-0.25, -0.2) is 0 Å². The van der Waals surface area contributed by atoms with E-state index in [1.54, 1.807) is 6.92 Å². The second-order valence-electron chi connectivity index (χ2n) is 4.39. The maximum absolute atomic E-state index is 9.27. The van der Waals surface area contributed by atoms with E-state index in [1.165, 1.54) is 5.56 Å². The van der Waals surface area contributed by atoms with E-state index in [0.717, 1.165) is 0 Å². The summed E-state index contributed by atoms with van der Waals surface area (Å²) >= 11 is 0. The summed E-state index contributed by atoms with van der Waals surface area (Å²) in [5.41, 5.74) is 1.29. The first kappa shape index (κ1) is 12.2. The van der Waals surface area contributed by atoms with Gasteiger partial charge in [0.05, 0.1) is 6.10 Å². The largest absolute Gasteiger partial charge is 0.392 e. The van der Waals surface area contributed by atoms with Crippen LogP contribution in [0.5, 0.6) is 0 Å². The molecule has 0 aliphatic rings. The Kier molecular flexibility index (Phi) is 4.79. The third kappa shape index (κ3) is 4.02. The van der Waals surface area contributed by atoms with Crippen molar-refractivity contribution in [3.63, 3.8) is 0 Å². The molecule has 2 heteroatoms. The minimum absolute atomic E-state index is 0.296. The van der Waals surface area contributed by atoms with E-state index in [2.05, 4.69) is 43.4 Å². The molecule has 2 N–H and O–H groups in total. The van der Waals surface area contributed by atoms with Gasteiger partial charge in [0.25, 0.3) is 0 Å². The van der Waals surface area contributed by atoms with Crippen molar-refractivity contribution in [1.82, 2.24) is 5.32 Å². The Morgan fingerprint density at radius 2 is 1.73 bits per heavy atom. The second kappa shape index (κ2) is 5.89. The highest BCUT2D eigenvalue weighted by atomic mass is 16.3. The number of aliphatic hydroxyl groups is 1. The molecule has 1 aromatic rings. The summed E-state index contributed by atoms with van der Waals surface area (Å²) in [6.45, 7) is 6.81. The Balaban J connectivity index is 2.66. The molecule has 0 radical (unpaired) electrons. The van der Waals surface area contributed by atoms with Crippen LogP contribution in [0.15, 0.2) is 30.3 Å². The number of nitrogens with one attached hydrogen (secondary N) is 1. The molecule has 84 valence electrons. The van der Waals surface area contributed by atoms with Gasteiger partial charge in [-0.15, -0.1) is 0 Å². The van der Waals surface area contributed by atoms with Crippen LogP contribution >= 0.6 is 0 Å². The Labute approximate surface area is 92.3 Å². The van der Waals surface area contributed by atoms with Gasteiger partial charge in [0.2, 0.25) is 0 Å². The topological polar surface area (TPSA) is 32.3 Å². The zero-order valence-electron chi connectivity index (χ0n) is 9.77. The standard InChI is InChI=1S/C13H21NO/c1-10(2)13(14-9-11(3)15)12-7-5-4-6-8-12/h4-8,10-11,13-15H,9H2,1-3H3/t11-,13?/m1/s1. The Bertz CT molecular complexity index is 269. The number of aliphatic hydroxyl groups excluding tert-OH is 1. The number of hydrogen-bond donors (Lipinski definition) is 2. The molecule has 0 saturated carbocycles. The molecule has 1 rings (SSSR count). The van der Waals surface area contributed by atoms with Crippen molar-refractivity contribution >= 4 is 0 Å². The maximum atomic E-state index is 9.27. The summed E-state index contributed by atoms with van der Waals surface area (Å²) in [4.78, 5) is 0. The van der Waals surface area contributed by atoms with Crippen molar-refractivity contribution < 1.29 is 5.11 Å². The van der Waals surface area contributed by atoms with Crippen LogP contribution in [0.4, 0.5) is 0 Å². The van der Waals surface area contributed by atoms with Crippen molar-refractivity contribution in [2.75, 3.05) is 6.54 Å². The Hall–Kier alpha value is -0.860. The summed E-state index contributed by atoms with van der Waals surface area (Å²) < 4.78 is 0. The van der Waals surface area contributed by atoms with E-state index in [1.807, 2.05) is 6.07 Å². The van der Waals surface area contributed by atoms with Crippen LogP contribution in [0.25, 0.3) is 0 Å². The summed E-state index contributed by atoms with van der Waals surface area (Å²) in [5, 5.41) is 12.7. The van der Waals surface area contributed by atoms with Gasteiger partial charge in [-0.2, -0.15) is 0 Å². The fourth-order valence-electron chi connectivity index (χ4n) is 1.70. The number of hydrogen-bond acceptors (Lipinski definition) is 2. The molecule has 0 aliphatic heterocycles. The lowest BCUT2D eigenvalue weighted by Gasteiger charge is -2.23. The van der Waals surface area contributed by atoms with Crippen molar-refractivity contribution in [2.45, 2.75) is 32.9 Å². The average Bonchev–Trinajstić information content (AvgIpc) is 2.18. The number of benzene rings is 1. The molecule has 2 atom stereocenters. The highest BCUT2D eigenvalue weighted by Gasteiger charge is 2.14. The third-order valence-corrected chi connectivity index (χ3v) is 2.46. The van der Waals surface area contributed by atoms with E-state index in [0.29, 0.717) is 18.5 Å². The van der Waals surface area contributed by atoms with Crippen LogP contribution in [0.1, 0.15) is 32.4 Å². The predicted molar refractivity (Wildman–Crippen MR) is 63.7 cm³/mol. The maximum Gasteiger partial charge on any atom is 0.0636 e. The quantitative estimate of drug-likeness (QED) is 0.777. The molecule has 1 aromatic carbocycles. The van der Waals surface area contributed by atoms with Crippen molar-refractivity contribution in [1.29, 1.82) is 0 Å².